The van der Waals surface area contributed by atoms with E-state index in [0.29, 0.717) is 12.5 Å². The number of cyclic esters (lactones) is 1. The fraction of sp³-hybridized carbons (Fsp3) is 0.786. The third kappa shape index (κ3) is 1.35. The largest absolute Gasteiger partial charge is 0.462 e. The Balaban J connectivity index is 2.58. The van der Waals surface area contributed by atoms with Gasteiger partial charge in [-0.2, -0.15) is 0 Å². The van der Waals surface area contributed by atoms with Gasteiger partial charge in [0.2, 0.25) is 0 Å². The van der Waals surface area contributed by atoms with Crippen LogP contribution in [0.15, 0.2) is 11.1 Å². The van der Waals surface area contributed by atoms with Crippen molar-refractivity contribution in [3.05, 3.63) is 11.1 Å². The summed E-state index contributed by atoms with van der Waals surface area (Å²) < 4.78 is 5.30. The van der Waals surface area contributed by atoms with Crippen molar-refractivity contribution >= 4 is 5.97 Å². The molecule has 90 valence electrons. The Bertz CT molecular complexity index is 361. The molecule has 0 aromatic carbocycles. The number of hydrogen-bond donors (Lipinski definition) is 0. The minimum atomic E-state index is -0.0741. The van der Waals surface area contributed by atoms with Gasteiger partial charge in [-0.05, 0) is 24.2 Å². The standard InChI is InChI=1S/C14H22O2/c1-9-13(2,3)10-7-6-8-16-12(15)11(10)14(9,4)5/h9H,6-8H2,1-5H3. The zero-order valence-corrected chi connectivity index (χ0v) is 11.0. The monoisotopic (exact) mass is 222 g/mol. The Morgan fingerprint density at radius 2 is 1.81 bits per heavy atom. The molecule has 2 heteroatoms. The Labute approximate surface area is 98.1 Å². The Morgan fingerprint density at radius 1 is 1.19 bits per heavy atom. The van der Waals surface area contributed by atoms with Gasteiger partial charge < -0.3 is 4.74 Å². The second-order valence-electron chi connectivity index (χ2n) is 6.26. The molecule has 1 aliphatic carbocycles. The number of esters is 1. The normalized spacial score (nSPS) is 32.1. The highest BCUT2D eigenvalue weighted by Gasteiger charge is 2.52. The zero-order chi connectivity index (χ0) is 12.1. The van der Waals surface area contributed by atoms with Gasteiger partial charge in [-0.1, -0.05) is 40.2 Å². The lowest BCUT2D eigenvalue weighted by atomic mass is 9.69. The summed E-state index contributed by atoms with van der Waals surface area (Å²) in [7, 11) is 0. The van der Waals surface area contributed by atoms with E-state index in [1.165, 1.54) is 5.57 Å². The van der Waals surface area contributed by atoms with Crippen LogP contribution in [0.2, 0.25) is 0 Å². The first-order chi connectivity index (χ1) is 7.29. The SMILES string of the molecule is CC1C(C)(C)C2=C(C(=O)OCCC2)C1(C)C. The number of allylic oxidation sites excluding steroid dienone is 1. The molecular weight excluding hydrogens is 200 g/mol. The second kappa shape index (κ2) is 3.35. The number of ether oxygens (including phenoxy) is 1. The maximum atomic E-state index is 12.1. The third-order valence-corrected chi connectivity index (χ3v) is 4.90. The van der Waals surface area contributed by atoms with Crippen LogP contribution in [-0.2, 0) is 9.53 Å². The van der Waals surface area contributed by atoms with Crippen molar-refractivity contribution in [1.82, 2.24) is 0 Å². The summed E-state index contributed by atoms with van der Waals surface area (Å²) in [6.07, 6.45) is 1.98. The van der Waals surface area contributed by atoms with Gasteiger partial charge in [0.15, 0.2) is 0 Å². The molecule has 1 atom stereocenters. The lowest BCUT2D eigenvalue weighted by Crippen LogP contribution is -2.30. The van der Waals surface area contributed by atoms with Crippen LogP contribution in [0.1, 0.15) is 47.5 Å². The summed E-state index contributed by atoms with van der Waals surface area (Å²) in [5.41, 5.74) is 2.37. The van der Waals surface area contributed by atoms with E-state index in [4.69, 9.17) is 4.74 Å². The van der Waals surface area contributed by atoms with Crippen molar-refractivity contribution in [3.63, 3.8) is 0 Å². The molecule has 1 unspecified atom stereocenters. The highest BCUT2D eigenvalue weighted by Crippen LogP contribution is 2.58. The first-order valence-corrected chi connectivity index (χ1v) is 6.21. The minimum absolute atomic E-state index is 0.0553. The lowest BCUT2D eigenvalue weighted by molar-refractivity contribution is -0.140. The Hall–Kier alpha value is -0.790. The second-order valence-corrected chi connectivity index (χ2v) is 6.26. The van der Waals surface area contributed by atoms with Crippen LogP contribution in [0, 0.1) is 16.7 Å². The van der Waals surface area contributed by atoms with Gasteiger partial charge in [-0.25, -0.2) is 4.79 Å². The van der Waals surface area contributed by atoms with E-state index >= 15 is 0 Å². The van der Waals surface area contributed by atoms with Gasteiger partial charge in [-0.3, -0.25) is 0 Å². The van der Waals surface area contributed by atoms with Crippen molar-refractivity contribution in [2.45, 2.75) is 47.5 Å². The topological polar surface area (TPSA) is 26.3 Å². The first-order valence-electron chi connectivity index (χ1n) is 6.21. The van der Waals surface area contributed by atoms with E-state index in [1.807, 2.05) is 0 Å². The van der Waals surface area contributed by atoms with Gasteiger partial charge in [0, 0.05) is 11.0 Å². The zero-order valence-electron chi connectivity index (χ0n) is 11.0. The molecular formula is C14H22O2. The molecule has 2 rings (SSSR count). The molecule has 0 radical (unpaired) electrons. The van der Waals surface area contributed by atoms with Gasteiger partial charge in [-0.15, -0.1) is 0 Å². The maximum absolute atomic E-state index is 12.1. The number of carbonyl (C=O) groups excluding carboxylic acids is 1. The molecule has 0 spiro atoms. The Morgan fingerprint density at radius 3 is 2.44 bits per heavy atom. The van der Waals surface area contributed by atoms with Crippen LogP contribution >= 0.6 is 0 Å². The average Bonchev–Trinajstić information content (AvgIpc) is 2.36. The highest BCUT2D eigenvalue weighted by molar-refractivity contribution is 5.92. The van der Waals surface area contributed by atoms with E-state index in [2.05, 4.69) is 34.6 Å². The summed E-state index contributed by atoms with van der Waals surface area (Å²) in [5.74, 6) is 0.408. The quantitative estimate of drug-likeness (QED) is 0.588. The maximum Gasteiger partial charge on any atom is 0.334 e. The molecule has 0 fully saturated rings. The van der Waals surface area contributed by atoms with E-state index in [0.717, 1.165) is 18.4 Å². The fourth-order valence-electron chi connectivity index (χ4n) is 3.41. The molecule has 0 bridgehead atoms. The number of rotatable bonds is 0. The predicted octanol–water partition coefficient (Wildman–Crippen LogP) is 3.32. The molecule has 2 nitrogen and oxygen atoms in total. The van der Waals surface area contributed by atoms with Gasteiger partial charge in [0.05, 0.1) is 6.61 Å². The summed E-state index contributed by atoms with van der Waals surface area (Å²) in [5, 5.41) is 0. The molecule has 0 N–H and O–H groups in total. The van der Waals surface area contributed by atoms with Crippen LogP contribution in [0.5, 0.6) is 0 Å². The molecule has 0 saturated heterocycles. The van der Waals surface area contributed by atoms with Crippen molar-refractivity contribution in [2.24, 2.45) is 16.7 Å². The van der Waals surface area contributed by atoms with Crippen LogP contribution in [0.4, 0.5) is 0 Å². The minimum Gasteiger partial charge on any atom is -0.462 e. The van der Waals surface area contributed by atoms with Crippen molar-refractivity contribution < 1.29 is 9.53 Å². The van der Waals surface area contributed by atoms with Gasteiger partial charge in [0.25, 0.3) is 0 Å². The average molecular weight is 222 g/mol. The van der Waals surface area contributed by atoms with E-state index < -0.39 is 0 Å². The molecule has 0 saturated carbocycles. The summed E-state index contributed by atoms with van der Waals surface area (Å²) in [4.78, 5) is 12.1. The first kappa shape index (κ1) is 11.7. The van der Waals surface area contributed by atoms with Crippen LogP contribution in [-0.4, -0.2) is 12.6 Å². The predicted molar refractivity (Wildman–Crippen MR) is 63.9 cm³/mol. The fourth-order valence-corrected chi connectivity index (χ4v) is 3.41. The van der Waals surface area contributed by atoms with Gasteiger partial charge >= 0.3 is 5.97 Å². The molecule has 1 aliphatic heterocycles. The summed E-state index contributed by atoms with van der Waals surface area (Å²) in [6, 6.07) is 0. The van der Waals surface area contributed by atoms with Crippen molar-refractivity contribution in [1.29, 1.82) is 0 Å². The number of hydrogen-bond acceptors (Lipinski definition) is 2. The summed E-state index contributed by atoms with van der Waals surface area (Å²) >= 11 is 0. The molecule has 1 heterocycles. The van der Waals surface area contributed by atoms with Gasteiger partial charge in [0.1, 0.15) is 0 Å². The van der Waals surface area contributed by atoms with Crippen molar-refractivity contribution in [2.75, 3.05) is 6.61 Å². The van der Waals surface area contributed by atoms with Crippen LogP contribution < -0.4 is 0 Å². The van der Waals surface area contributed by atoms with E-state index in [1.54, 1.807) is 0 Å². The molecule has 2 aliphatic rings. The number of carbonyl (C=O) groups is 1. The molecule has 0 aromatic heterocycles. The van der Waals surface area contributed by atoms with E-state index in [-0.39, 0.29) is 16.8 Å². The Kier molecular flexibility index (Phi) is 2.45. The van der Waals surface area contributed by atoms with Crippen LogP contribution in [0.3, 0.4) is 0 Å². The van der Waals surface area contributed by atoms with Crippen LogP contribution in [0.25, 0.3) is 0 Å². The van der Waals surface area contributed by atoms with E-state index in [9.17, 15) is 4.79 Å². The molecule has 0 amide bonds. The third-order valence-electron chi connectivity index (χ3n) is 4.90. The smallest absolute Gasteiger partial charge is 0.334 e. The lowest BCUT2D eigenvalue weighted by Gasteiger charge is -2.35. The summed E-state index contributed by atoms with van der Waals surface area (Å²) in [6.45, 7) is 11.7. The molecule has 0 aromatic rings. The highest BCUT2D eigenvalue weighted by atomic mass is 16.5. The van der Waals surface area contributed by atoms with Crippen molar-refractivity contribution in [3.8, 4) is 0 Å². The molecule has 16 heavy (non-hydrogen) atoms.